The number of rotatable bonds is 1. The Morgan fingerprint density at radius 2 is 2.21 bits per heavy atom. The molecule has 1 aromatic carbocycles. The van der Waals surface area contributed by atoms with E-state index in [1.807, 2.05) is 6.07 Å². The van der Waals surface area contributed by atoms with E-state index in [2.05, 4.69) is 25.5 Å². The lowest BCUT2D eigenvalue weighted by Crippen LogP contribution is -1.93. The third-order valence-electron chi connectivity index (χ3n) is 2.54. The van der Waals surface area contributed by atoms with Gasteiger partial charge in [0.15, 0.2) is 10.6 Å². The van der Waals surface area contributed by atoms with Gasteiger partial charge in [0, 0.05) is 6.04 Å². The van der Waals surface area contributed by atoms with E-state index >= 15 is 0 Å². The number of imidazole rings is 1. The van der Waals surface area contributed by atoms with Gasteiger partial charge in [0.25, 0.3) is 0 Å². The van der Waals surface area contributed by atoms with Crippen molar-refractivity contribution < 1.29 is 4.39 Å². The van der Waals surface area contributed by atoms with Crippen LogP contribution in [0.3, 0.4) is 0 Å². The zero-order valence-electron chi connectivity index (χ0n) is 7.37. The minimum Gasteiger partial charge on any atom is -0.315 e. The summed E-state index contributed by atoms with van der Waals surface area (Å²) in [5.41, 5.74) is 1.35. The summed E-state index contributed by atoms with van der Waals surface area (Å²) in [6.07, 6.45) is 2.33. The summed E-state index contributed by atoms with van der Waals surface area (Å²) < 4.78 is 16.2. The zero-order valence-corrected chi connectivity index (χ0v) is 8.96. The highest BCUT2D eigenvalue weighted by Crippen LogP contribution is 2.40. The number of para-hydroxylation sites is 1. The van der Waals surface area contributed by atoms with Gasteiger partial charge in [0.05, 0.1) is 5.52 Å². The van der Waals surface area contributed by atoms with Crippen LogP contribution in [0.15, 0.2) is 22.9 Å². The van der Waals surface area contributed by atoms with Crippen molar-refractivity contribution in [3.8, 4) is 0 Å². The van der Waals surface area contributed by atoms with E-state index in [-0.39, 0.29) is 5.82 Å². The average Bonchev–Trinajstić information content (AvgIpc) is 2.91. The highest BCUT2D eigenvalue weighted by atomic mass is 79.9. The van der Waals surface area contributed by atoms with E-state index in [1.165, 1.54) is 18.9 Å². The van der Waals surface area contributed by atoms with Crippen molar-refractivity contribution in [2.75, 3.05) is 0 Å². The molecule has 0 saturated heterocycles. The first kappa shape index (κ1) is 8.41. The van der Waals surface area contributed by atoms with Crippen molar-refractivity contribution in [3.05, 3.63) is 28.7 Å². The molecule has 0 unspecified atom stereocenters. The molecule has 1 fully saturated rings. The Kier molecular flexibility index (Phi) is 1.68. The highest BCUT2D eigenvalue weighted by molar-refractivity contribution is 9.10. The predicted molar refractivity (Wildman–Crippen MR) is 55.7 cm³/mol. The van der Waals surface area contributed by atoms with Gasteiger partial charge in [-0.2, -0.15) is 0 Å². The molecule has 0 radical (unpaired) electrons. The molecule has 1 heterocycles. The fraction of sp³-hybridized carbons (Fsp3) is 0.300. The van der Waals surface area contributed by atoms with Crippen LogP contribution in [0.1, 0.15) is 18.9 Å². The maximum absolute atomic E-state index is 13.4. The molecule has 14 heavy (non-hydrogen) atoms. The predicted octanol–water partition coefficient (Wildman–Crippen LogP) is 3.27. The maximum Gasteiger partial charge on any atom is 0.178 e. The first-order chi connectivity index (χ1) is 6.77. The Hall–Kier alpha value is -0.900. The third-order valence-corrected chi connectivity index (χ3v) is 3.10. The lowest BCUT2D eigenvalue weighted by molar-refractivity contribution is 0.637. The minimum atomic E-state index is -0.248. The molecule has 0 amide bonds. The van der Waals surface area contributed by atoms with E-state index in [0.717, 1.165) is 10.3 Å². The van der Waals surface area contributed by atoms with Crippen molar-refractivity contribution in [2.24, 2.45) is 0 Å². The summed E-state index contributed by atoms with van der Waals surface area (Å²) in [6.45, 7) is 0. The third kappa shape index (κ3) is 1.10. The molecule has 0 N–H and O–H groups in total. The van der Waals surface area contributed by atoms with Gasteiger partial charge in [-0.05, 0) is 40.9 Å². The van der Waals surface area contributed by atoms with Gasteiger partial charge in [0.1, 0.15) is 5.52 Å². The number of aromatic nitrogens is 2. The molecule has 1 aliphatic carbocycles. The van der Waals surface area contributed by atoms with Gasteiger partial charge in [-0.1, -0.05) is 6.07 Å². The summed E-state index contributed by atoms with van der Waals surface area (Å²) >= 11 is 3.37. The second-order valence-corrected chi connectivity index (χ2v) is 4.30. The molecular formula is C10H8BrFN2. The van der Waals surface area contributed by atoms with Crippen LogP contribution in [-0.4, -0.2) is 9.55 Å². The standard InChI is InChI=1S/C10H8BrFN2/c11-10-13-9-7(12)2-1-3-8(9)14(10)6-4-5-6/h1-3,6H,4-5H2. The number of fused-ring (bicyclic) bond motifs is 1. The quantitative estimate of drug-likeness (QED) is 0.764. The summed E-state index contributed by atoms with van der Waals surface area (Å²) in [5.74, 6) is -0.248. The Labute approximate surface area is 88.9 Å². The summed E-state index contributed by atoms with van der Waals surface area (Å²) in [7, 11) is 0. The Bertz CT molecular complexity index is 502. The fourth-order valence-corrected chi connectivity index (χ4v) is 2.39. The van der Waals surface area contributed by atoms with Crippen LogP contribution >= 0.6 is 15.9 Å². The largest absolute Gasteiger partial charge is 0.315 e. The van der Waals surface area contributed by atoms with Crippen LogP contribution < -0.4 is 0 Å². The molecule has 4 heteroatoms. The molecule has 72 valence electrons. The van der Waals surface area contributed by atoms with Gasteiger partial charge < -0.3 is 4.57 Å². The van der Waals surface area contributed by atoms with Crippen molar-refractivity contribution in [1.29, 1.82) is 0 Å². The van der Waals surface area contributed by atoms with E-state index in [4.69, 9.17) is 0 Å². The Morgan fingerprint density at radius 1 is 1.43 bits per heavy atom. The Balaban J connectivity index is 2.37. The lowest BCUT2D eigenvalue weighted by atomic mass is 10.3. The van der Waals surface area contributed by atoms with Crippen molar-refractivity contribution in [2.45, 2.75) is 18.9 Å². The number of halogens is 2. The second kappa shape index (κ2) is 2.79. The molecule has 0 bridgehead atoms. The van der Waals surface area contributed by atoms with E-state index in [0.29, 0.717) is 11.6 Å². The second-order valence-electron chi connectivity index (χ2n) is 3.59. The van der Waals surface area contributed by atoms with Gasteiger partial charge in [0.2, 0.25) is 0 Å². The van der Waals surface area contributed by atoms with Gasteiger partial charge >= 0.3 is 0 Å². The van der Waals surface area contributed by atoms with Crippen LogP contribution in [0.4, 0.5) is 4.39 Å². The topological polar surface area (TPSA) is 17.8 Å². The zero-order chi connectivity index (χ0) is 9.71. The van der Waals surface area contributed by atoms with Gasteiger partial charge in [-0.15, -0.1) is 0 Å². The van der Waals surface area contributed by atoms with Gasteiger partial charge in [-0.3, -0.25) is 0 Å². The van der Waals surface area contributed by atoms with Crippen molar-refractivity contribution >= 4 is 27.0 Å². The Morgan fingerprint density at radius 3 is 2.93 bits per heavy atom. The monoisotopic (exact) mass is 254 g/mol. The molecule has 0 spiro atoms. The minimum absolute atomic E-state index is 0.248. The molecular weight excluding hydrogens is 247 g/mol. The SMILES string of the molecule is Fc1cccc2c1nc(Br)n2C1CC1. The van der Waals surface area contributed by atoms with Crippen LogP contribution in [0, 0.1) is 5.82 Å². The van der Waals surface area contributed by atoms with Gasteiger partial charge in [-0.25, -0.2) is 9.37 Å². The number of benzene rings is 1. The van der Waals surface area contributed by atoms with Crippen LogP contribution in [-0.2, 0) is 0 Å². The normalized spacial score (nSPS) is 16.4. The first-order valence-electron chi connectivity index (χ1n) is 4.59. The summed E-state index contributed by atoms with van der Waals surface area (Å²) in [4.78, 5) is 4.18. The highest BCUT2D eigenvalue weighted by Gasteiger charge is 2.27. The average molecular weight is 255 g/mol. The summed E-state index contributed by atoms with van der Waals surface area (Å²) in [5, 5.41) is 0. The van der Waals surface area contributed by atoms with Crippen LogP contribution in [0.25, 0.3) is 11.0 Å². The lowest BCUT2D eigenvalue weighted by Gasteiger charge is -2.01. The molecule has 3 rings (SSSR count). The molecule has 0 atom stereocenters. The van der Waals surface area contributed by atoms with Crippen molar-refractivity contribution in [3.63, 3.8) is 0 Å². The molecule has 0 aliphatic heterocycles. The summed E-state index contributed by atoms with van der Waals surface area (Å²) in [6, 6.07) is 5.59. The number of nitrogens with zero attached hydrogens (tertiary/aromatic N) is 2. The molecule has 1 saturated carbocycles. The number of hydrogen-bond donors (Lipinski definition) is 0. The van der Waals surface area contributed by atoms with E-state index in [1.54, 1.807) is 6.07 Å². The van der Waals surface area contributed by atoms with Crippen LogP contribution in [0.5, 0.6) is 0 Å². The molecule has 2 aromatic rings. The first-order valence-corrected chi connectivity index (χ1v) is 5.38. The van der Waals surface area contributed by atoms with Crippen LogP contribution in [0.2, 0.25) is 0 Å². The maximum atomic E-state index is 13.4. The molecule has 2 nitrogen and oxygen atoms in total. The van der Waals surface area contributed by atoms with E-state index in [9.17, 15) is 4.39 Å². The number of hydrogen-bond acceptors (Lipinski definition) is 1. The van der Waals surface area contributed by atoms with Crippen molar-refractivity contribution in [1.82, 2.24) is 9.55 Å². The molecule has 1 aromatic heterocycles. The smallest absolute Gasteiger partial charge is 0.178 e. The van der Waals surface area contributed by atoms with E-state index < -0.39 is 0 Å². The molecule has 1 aliphatic rings. The fourth-order valence-electron chi connectivity index (χ4n) is 1.73.